The molecule has 0 saturated carbocycles. The standard InChI is InChI=1S/C19H22N2O4/c1-13(15-7-10-18(25-4)16(11-15)12-23-2)20-21-19(22)14-5-8-17(24-3)9-6-14/h5-11H,12H2,1-4H3,(H,21,22)/b20-13-. The molecule has 0 radical (unpaired) electrons. The normalized spacial score (nSPS) is 11.1. The molecule has 25 heavy (non-hydrogen) atoms. The molecular weight excluding hydrogens is 320 g/mol. The molecule has 2 rings (SSSR count). The smallest absolute Gasteiger partial charge is 0.271 e. The molecule has 0 spiro atoms. The molecular formula is C19H22N2O4. The summed E-state index contributed by atoms with van der Waals surface area (Å²) in [5.74, 6) is 1.16. The molecule has 0 heterocycles. The van der Waals surface area contributed by atoms with Crippen LogP contribution in [0.4, 0.5) is 0 Å². The zero-order valence-corrected chi connectivity index (χ0v) is 14.8. The van der Waals surface area contributed by atoms with Gasteiger partial charge in [-0.1, -0.05) is 0 Å². The van der Waals surface area contributed by atoms with Gasteiger partial charge in [-0.15, -0.1) is 0 Å². The monoisotopic (exact) mass is 342 g/mol. The maximum Gasteiger partial charge on any atom is 0.271 e. The minimum Gasteiger partial charge on any atom is -0.497 e. The molecule has 132 valence electrons. The second kappa shape index (κ2) is 8.84. The number of ether oxygens (including phenoxy) is 3. The summed E-state index contributed by atoms with van der Waals surface area (Å²) in [5, 5.41) is 4.17. The number of rotatable bonds is 7. The zero-order chi connectivity index (χ0) is 18.2. The van der Waals surface area contributed by atoms with Gasteiger partial charge in [-0.3, -0.25) is 4.79 Å². The number of amides is 1. The van der Waals surface area contributed by atoms with E-state index in [1.54, 1.807) is 45.6 Å². The summed E-state index contributed by atoms with van der Waals surface area (Å²) in [7, 11) is 4.82. The Labute approximate surface area is 147 Å². The number of hydrogen-bond donors (Lipinski definition) is 1. The molecule has 0 aliphatic rings. The van der Waals surface area contributed by atoms with Gasteiger partial charge in [0.1, 0.15) is 11.5 Å². The number of hydrogen-bond acceptors (Lipinski definition) is 5. The summed E-state index contributed by atoms with van der Waals surface area (Å²) in [6, 6.07) is 12.5. The van der Waals surface area contributed by atoms with E-state index in [9.17, 15) is 4.79 Å². The van der Waals surface area contributed by atoms with Crippen LogP contribution in [0.3, 0.4) is 0 Å². The highest BCUT2D eigenvalue weighted by Crippen LogP contribution is 2.21. The van der Waals surface area contributed by atoms with Crippen molar-refractivity contribution in [2.75, 3.05) is 21.3 Å². The number of hydrazone groups is 1. The fourth-order valence-electron chi connectivity index (χ4n) is 2.28. The molecule has 6 heteroatoms. The van der Waals surface area contributed by atoms with Crippen LogP contribution in [0.2, 0.25) is 0 Å². The first kappa shape index (κ1) is 18.5. The molecule has 0 aromatic heterocycles. The summed E-state index contributed by atoms with van der Waals surface area (Å²) in [6.07, 6.45) is 0. The third-order valence-corrected chi connectivity index (χ3v) is 3.68. The van der Waals surface area contributed by atoms with E-state index in [4.69, 9.17) is 14.2 Å². The molecule has 0 aliphatic carbocycles. The van der Waals surface area contributed by atoms with Crippen LogP contribution in [0.1, 0.15) is 28.4 Å². The minimum absolute atomic E-state index is 0.285. The lowest BCUT2D eigenvalue weighted by Gasteiger charge is -2.10. The summed E-state index contributed by atoms with van der Waals surface area (Å²) in [5.41, 5.74) is 5.54. The summed E-state index contributed by atoms with van der Waals surface area (Å²) < 4.78 is 15.6. The Kier molecular flexibility index (Phi) is 6.54. The maximum absolute atomic E-state index is 12.2. The zero-order valence-electron chi connectivity index (χ0n) is 14.8. The largest absolute Gasteiger partial charge is 0.497 e. The van der Waals surface area contributed by atoms with E-state index in [0.717, 1.165) is 16.9 Å². The van der Waals surface area contributed by atoms with E-state index in [2.05, 4.69) is 10.5 Å². The van der Waals surface area contributed by atoms with Crippen molar-refractivity contribution < 1.29 is 19.0 Å². The molecule has 1 N–H and O–H groups in total. The summed E-state index contributed by atoms with van der Waals surface area (Å²) in [4.78, 5) is 12.2. The van der Waals surface area contributed by atoms with E-state index in [1.807, 2.05) is 25.1 Å². The van der Waals surface area contributed by atoms with E-state index in [-0.39, 0.29) is 5.91 Å². The van der Waals surface area contributed by atoms with Gasteiger partial charge in [-0.2, -0.15) is 5.10 Å². The summed E-state index contributed by atoms with van der Waals surface area (Å²) in [6.45, 7) is 2.26. The van der Waals surface area contributed by atoms with Crippen molar-refractivity contribution in [3.8, 4) is 11.5 Å². The Balaban J connectivity index is 2.12. The van der Waals surface area contributed by atoms with Crippen LogP contribution in [-0.4, -0.2) is 32.9 Å². The number of nitrogens with zero attached hydrogens (tertiary/aromatic N) is 1. The number of benzene rings is 2. The van der Waals surface area contributed by atoms with E-state index in [1.165, 1.54) is 0 Å². The second-order valence-corrected chi connectivity index (χ2v) is 5.33. The molecule has 0 aliphatic heterocycles. The van der Waals surface area contributed by atoms with Gasteiger partial charge in [-0.05, 0) is 55.0 Å². The van der Waals surface area contributed by atoms with Crippen LogP contribution >= 0.6 is 0 Å². The quantitative estimate of drug-likeness (QED) is 0.620. The van der Waals surface area contributed by atoms with Crippen molar-refractivity contribution in [3.63, 3.8) is 0 Å². The first-order valence-corrected chi connectivity index (χ1v) is 7.74. The van der Waals surface area contributed by atoms with Crippen LogP contribution in [0, 0.1) is 0 Å². The van der Waals surface area contributed by atoms with Crippen LogP contribution in [0.25, 0.3) is 0 Å². The second-order valence-electron chi connectivity index (χ2n) is 5.33. The molecule has 2 aromatic carbocycles. The number of methoxy groups -OCH3 is 3. The topological polar surface area (TPSA) is 69.2 Å². The van der Waals surface area contributed by atoms with E-state index < -0.39 is 0 Å². The highest BCUT2D eigenvalue weighted by atomic mass is 16.5. The van der Waals surface area contributed by atoms with Crippen molar-refractivity contribution in [1.29, 1.82) is 0 Å². The fraction of sp³-hybridized carbons (Fsp3) is 0.263. The SMILES string of the molecule is COCc1cc(/C(C)=N\NC(=O)c2ccc(OC)cc2)ccc1OC. The Morgan fingerprint density at radius 1 is 1.00 bits per heavy atom. The molecule has 0 unspecified atom stereocenters. The lowest BCUT2D eigenvalue weighted by Crippen LogP contribution is -2.19. The molecule has 6 nitrogen and oxygen atoms in total. The van der Waals surface area contributed by atoms with Crippen LogP contribution in [0.5, 0.6) is 11.5 Å². The van der Waals surface area contributed by atoms with E-state index >= 15 is 0 Å². The van der Waals surface area contributed by atoms with Gasteiger partial charge in [0, 0.05) is 18.2 Å². The molecule has 2 aromatic rings. The molecule has 0 bridgehead atoms. The highest BCUT2D eigenvalue weighted by molar-refractivity contribution is 6.01. The van der Waals surface area contributed by atoms with Crippen molar-refractivity contribution >= 4 is 11.6 Å². The lowest BCUT2D eigenvalue weighted by atomic mass is 10.1. The van der Waals surface area contributed by atoms with Gasteiger partial charge in [0.2, 0.25) is 0 Å². The molecule has 1 amide bonds. The molecule has 0 atom stereocenters. The van der Waals surface area contributed by atoms with Gasteiger partial charge < -0.3 is 14.2 Å². The first-order valence-electron chi connectivity index (χ1n) is 7.74. The molecule has 0 saturated heterocycles. The maximum atomic E-state index is 12.2. The Hall–Kier alpha value is -2.86. The highest BCUT2D eigenvalue weighted by Gasteiger charge is 2.08. The van der Waals surface area contributed by atoms with Crippen molar-refractivity contribution in [2.45, 2.75) is 13.5 Å². The number of carbonyl (C=O) groups is 1. The third kappa shape index (κ3) is 4.81. The Morgan fingerprint density at radius 3 is 2.28 bits per heavy atom. The van der Waals surface area contributed by atoms with Crippen LogP contribution in [-0.2, 0) is 11.3 Å². The first-order chi connectivity index (χ1) is 12.1. The van der Waals surface area contributed by atoms with E-state index in [0.29, 0.717) is 23.6 Å². The Morgan fingerprint density at radius 2 is 1.68 bits per heavy atom. The third-order valence-electron chi connectivity index (χ3n) is 3.68. The average Bonchev–Trinajstić information content (AvgIpc) is 2.66. The van der Waals surface area contributed by atoms with Gasteiger partial charge in [0.25, 0.3) is 5.91 Å². The average molecular weight is 342 g/mol. The number of carbonyl (C=O) groups excluding carboxylic acids is 1. The van der Waals surface area contributed by atoms with Gasteiger partial charge >= 0.3 is 0 Å². The predicted molar refractivity (Wildman–Crippen MR) is 96.4 cm³/mol. The lowest BCUT2D eigenvalue weighted by molar-refractivity contribution is 0.0955. The summed E-state index contributed by atoms with van der Waals surface area (Å²) >= 11 is 0. The minimum atomic E-state index is -0.285. The van der Waals surface area contributed by atoms with Crippen molar-refractivity contribution in [2.24, 2.45) is 5.10 Å². The van der Waals surface area contributed by atoms with Gasteiger partial charge in [0.15, 0.2) is 0 Å². The molecule has 0 fully saturated rings. The van der Waals surface area contributed by atoms with Gasteiger partial charge in [-0.25, -0.2) is 5.43 Å². The predicted octanol–water partition coefficient (Wildman–Crippen LogP) is 3.00. The van der Waals surface area contributed by atoms with Crippen LogP contribution in [0.15, 0.2) is 47.6 Å². The fourth-order valence-corrected chi connectivity index (χ4v) is 2.28. The number of nitrogens with one attached hydrogen (secondary N) is 1. The van der Waals surface area contributed by atoms with Crippen LogP contribution < -0.4 is 14.9 Å². The van der Waals surface area contributed by atoms with Crippen molar-refractivity contribution in [1.82, 2.24) is 5.43 Å². The van der Waals surface area contributed by atoms with Gasteiger partial charge in [0.05, 0.1) is 26.5 Å². The van der Waals surface area contributed by atoms with Crippen molar-refractivity contribution in [3.05, 3.63) is 59.2 Å². The Bertz CT molecular complexity index is 755.